The van der Waals surface area contributed by atoms with Gasteiger partial charge in [0.05, 0.1) is 0 Å². The van der Waals surface area contributed by atoms with E-state index in [1.54, 1.807) is 0 Å². The Bertz CT molecular complexity index is 246. The molecule has 2 fully saturated rings. The second-order valence-corrected chi connectivity index (χ2v) is 5.72. The molecule has 0 atom stereocenters. The van der Waals surface area contributed by atoms with E-state index in [1.807, 2.05) is 0 Å². The van der Waals surface area contributed by atoms with Crippen molar-refractivity contribution >= 4 is 17.7 Å². The number of carbonyl (C=O) groups excluding carboxylic acids is 1. The van der Waals surface area contributed by atoms with Gasteiger partial charge in [-0.15, -0.1) is 0 Å². The van der Waals surface area contributed by atoms with E-state index >= 15 is 0 Å². The van der Waals surface area contributed by atoms with Crippen LogP contribution in [0.4, 0.5) is 0 Å². The van der Waals surface area contributed by atoms with Crippen LogP contribution >= 0.6 is 11.8 Å². The minimum atomic E-state index is 0.221. The largest absolute Gasteiger partial charge is 0.353 e. The zero-order valence-electron chi connectivity index (χ0n) is 10.4. The zero-order valence-corrected chi connectivity index (χ0v) is 11.1. The lowest BCUT2D eigenvalue weighted by Crippen LogP contribution is -2.42. The van der Waals surface area contributed by atoms with Crippen LogP contribution in [-0.2, 0) is 4.79 Å². The van der Waals surface area contributed by atoms with Crippen LogP contribution in [0.2, 0.25) is 0 Å². The molecule has 0 aliphatic heterocycles. The van der Waals surface area contributed by atoms with Crippen LogP contribution in [0.25, 0.3) is 0 Å². The van der Waals surface area contributed by atoms with Crippen molar-refractivity contribution in [3.63, 3.8) is 0 Å². The molecule has 0 unspecified atom stereocenters. The first-order chi connectivity index (χ1) is 8.29. The summed E-state index contributed by atoms with van der Waals surface area (Å²) in [5.41, 5.74) is 0. The van der Waals surface area contributed by atoms with Crippen molar-refractivity contribution in [3.05, 3.63) is 0 Å². The number of hydrogen-bond acceptors (Lipinski definition) is 2. The highest BCUT2D eigenvalue weighted by Gasteiger charge is 2.27. The average Bonchev–Trinajstić information content (AvgIpc) is 2.40. The van der Waals surface area contributed by atoms with E-state index in [0.717, 1.165) is 25.7 Å². The van der Waals surface area contributed by atoms with Gasteiger partial charge in [-0.1, -0.05) is 19.3 Å². The SMILES string of the molecule is O=C(NC1CCCCC1)C1CCC(NCl)CC1. The molecule has 3 nitrogen and oxygen atoms in total. The van der Waals surface area contributed by atoms with Crippen LogP contribution in [0.5, 0.6) is 0 Å². The Morgan fingerprint density at radius 3 is 2.12 bits per heavy atom. The summed E-state index contributed by atoms with van der Waals surface area (Å²) in [5, 5.41) is 3.23. The highest BCUT2D eigenvalue weighted by atomic mass is 35.5. The molecule has 98 valence electrons. The minimum absolute atomic E-state index is 0.221. The summed E-state index contributed by atoms with van der Waals surface area (Å²) in [6, 6.07) is 0.843. The number of amides is 1. The van der Waals surface area contributed by atoms with Gasteiger partial charge in [-0.25, -0.2) is 4.84 Å². The summed E-state index contributed by atoms with van der Waals surface area (Å²) in [7, 11) is 0. The van der Waals surface area contributed by atoms with Gasteiger partial charge in [-0.2, -0.15) is 0 Å². The third-order valence-electron chi connectivity index (χ3n) is 4.20. The van der Waals surface area contributed by atoms with Gasteiger partial charge < -0.3 is 5.32 Å². The quantitative estimate of drug-likeness (QED) is 0.765. The molecule has 0 aromatic rings. The predicted octanol–water partition coefficient (Wildman–Crippen LogP) is 2.74. The second kappa shape index (κ2) is 6.60. The molecule has 0 aromatic heterocycles. The maximum atomic E-state index is 12.1. The molecule has 0 bridgehead atoms. The maximum Gasteiger partial charge on any atom is 0.223 e. The Morgan fingerprint density at radius 2 is 1.53 bits per heavy atom. The van der Waals surface area contributed by atoms with Crippen molar-refractivity contribution in [2.24, 2.45) is 5.92 Å². The topological polar surface area (TPSA) is 41.1 Å². The molecule has 1 amide bonds. The number of rotatable bonds is 3. The molecular weight excluding hydrogens is 236 g/mol. The van der Waals surface area contributed by atoms with Gasteiger partial charge in [0, 0.05) is 18.0 Å². The molecule has 0 heterocycles. The molecule has 2 rings (SSSR count). The molecule has 0 spiro atoms. The average molecular weight is 259 g/mol. The van der Waals surface area contributed by atoms with Crippen LogP contribution in [0.15, 0.2) is 0 Å². The molecule has 0 aromatic carbocycles. The number of halogens is 1. The first-order valence-corrected chi connectivity index (χ1v) is 7.34. The van der Waals surface area contributed by atoms with Crippen molar-refractivity contribution in [1.29, 1.82) is 0 Å². The molecule has 2 aliphatic rings. The minimum Gasteiger partial charge on any atom is -0.353 e. The van der Waals surface area contributed by atoms with E-state index in [0.29, 0.717) is 12.1 Å². The fraction of sp³-hybridized carbons (Fsp3) is 0.923. The Labute approximate surface area is 109 Å². The third kappa shape index (κ3) is 3.85. The number of hydrogen-bond donors (Lipinski definition) is 2. The number of carbonyl (C=O) groups is 1. The zero-order chi connectivity index (χ0) is 12.1. The molecule has 0 radical (unpaired) electrons. The van der Waals surface area contributed by atoms with Gasteiger partial charge in [-0.05, 0) is 50.3 Å². The molecule has 2 N–H and O–H groups in total. The van der Waals surface area contributed by atoms with E-state index in [1.165, 1.54) is 32.1 Å². The lowest BCUT2D eigenvalue weighted by molar-refractivity contribution is -0.127. The van der Waals surface area contributed by atoms with Gasteiger partial charge in [0.1, 0.15) is 0 Å². The van der Waals surface area contributed by atoms with Crippen molar-refractivity contribution in [2.45, 2.75) is 69.9 Å². The second-order valence-electron chi connectivity index (χ2n) is 5.50. The van der Waals surface area contributed by atoms with Crippen LogP contribution in [0, 0.1) is 5.92 Å². The molecule has 4 heteroatoms. The first-order valence-electron chi connectivity index (χ1n) is 6.96. The maximum absolute atomic E-state index is 12.1. The standard InChI is InChI=1S/C13H23ClN2O/c14-16-12-8-6-10(7-9-12)13(17)15-11-4-2-1-3-5-11/h10-12,16H,1-9H2,(H,15,17). The Morgan fingerprint density at radius 1 is 0.882 bits per heavy atom. The Hall–Kier alpha value is -0.280. The van der Waals surface area contributed by atoms with E-state index in [-0.39, 0.29) is 11.8 Å². The molecule has 2 aliphatic carbocycles. The molecule has 17 heavy (non-hydrogen) atoms. The molecule has 0 saturated heterocycles. The molecular formula is C13H23ClN2O. The van der Waals surface area contributed by atoms with E-state index in [4.69, 9.17) is 11.8 Å². The first kappa shape index (κ1) is 13.2. The lowest BCUT2D eigenvalue weighted by Gasteiger charge is -2.29. The van der Waals surface area contributed by atoms with Gasteiger partial charge in [0.2, 0.25) is 5.91 Å². The summed E-state index contributed by atoms with van der Waals surface area (Å²) in [6.07, 6.45) is 10.2. The van der Waals surface area contributed by atoms with Crippen molar-refractivity contribution in [1.82, 2.24) is 10.2 Å². The van der Waals surface area contributed by atoms with Crippen molar-refractivity contribution in [2.75, 3.05) is 0 Å². The van der Waals surface area contributed by atoms with Gasteiger partial charge in [0.15, 0.2) is 0 Å². The lowest BCUT2D eigenvalue weighted by atomic mass is 9.85. The Kier molecular flexibility index (Phi) is 5.11. The number of nitrogens with one attached hydrogen (secondary N) is 2. The fourth-order valence-corrected chi connectivity index (χ4v) is 3.25. The van der Waals surface area contributed by atoms with E-state index in [9.17, 15) is 4.79 Å². The van der Waals surface area contributed by atoms with E-state index in [2.05, 4.69) is 10.2 Å². The summed E-state index contributed by atoms with van der Waals surface area (Å²) < 4.78 is 0. The summed E-state index contributed by atoms with van der Waals surface area (Å²) >= 11 is 5.61. The van der Waals surface area contributed by atoms with Gasteiger partial charge in [0.25, 0.3) is 0 Å². The monoisotopic (exact) mass is 258 g/mol. The Balaban J connectivity index is 1.72. The smallest absolute Gasteiger partial charge is 0.223 e. The summed E-state index contributed by atoms with van der Waals surface area (Å²) in [6.45, 7) is 0. The van der Waals surface area contributed by atoms with Crippen molar-refractivity contribution in [3.8, 4) is 0 Å². The van der Waals surface area contributed by atoms with Gasteiger partial charge >= 0.3 is 0 Å². The van der Waals surface area contributed by atoms with Crippen LogP contribution in [0.1, 0.15) is 57.8 Å². The normalized spacial score (nSPS) is 31.1. The van der Waals surface area contributed by atoms with Crippen LogP contribution in [-0.4, -0.2) is 18.0 Å². The highest BCUT2D eigenvalue weighted by Crippen LogP contribution is 2.25. The highest BCUT2D eigenvalue weighted by molar-refractivity contribution is 6.13. The van der Waals surface area contributed by atoms with Crippen LogP contribution in [0.3, 0.4) is 0 Å². The summed E-state index contributed by atoms with van der Waals surface area (Å²) in [5.74, 6) is 0.503. The van der Waals surface area contributed by atoms with Crippen molar-refractivity contribution < 1.29 is 4.79 Å². The summed E-state index contributed by atoms with van der Waals surface area (Å²) in [4.78, 5) is 14.9. The third-order valence-corrected chi connectivity index (χ3v) is 4.51. The fourth-order valence-electron chi connectivity index (χ4n) is 3.03. The molecule has 2 saturated carbocycles. The predicted molar refractivity (Wildman–Crippen MR) is 69.8 cm³/mol. The van der Waals surface area contributed by atoms with E-state index < -0.39 is 0 Å². The van der Waals surface area contributed by atoms with Gasteiger partial charge in [-0.3, -0.25) is 4.79 Å². The van der Waals surface area contributed by atoms with Crippen LogP contribution < -0.4 is 10.2 Å².